The van der Waals surface area contributed by atoms with Crippen LogP contribution in [0, 0.1) is 5.82 Å². The second-order valence-corrected chi connectivity index (χ2v) is 4.30. The Kier molecular flexibility index (Phi) is 5.21. The predicted octanol–water partition coefficient (Wildman–Crippen LogP) is 4.16. The molecule has 108 valence electrons. The Labute approximate surface area is 124 Å². The van der Waals surface area contributed by atoms with Gasteiger partial charge in [0.2, 0.25) is 0 Å². The van der Waals surface area contributed by atoms with E-state index in [9.17, 15) is 4.39 Å². The van der Waals surface area contributed by atoms with E-state index in [0.29, 0.717) is 6.54 Å². The van der Waals surface area contributed by atoms with E-state index < -0.39 is 0 Å². The first-order valence-corrected chi connectivity index (χ1v) is 6.98. The van der Waals surface area contributed by atoms with Crippen LogP contribution in [0.3, 0.4) is 0 Å². The molecule has 3 rings (SSSR count). The van der Waals surface area contributed by atoms with Crippen LogP contribution in [0.5, 0.6) is 0 Å². The summed E-state index contributed by atoms with van der Waals surface area (Å²) in [6, 6.07) is 14.6. The van der Waals surface area contributed by atoms with Crippen molar-refractivity contribution in [3.05, 3.63) is 72.6 Å². The molecular formula is C17H18FN3. The molecule has 0 fully saturated rings. The number of halogens is 1. The molecule has 0 radical (unpaired) electrons. The summed E-state index contributed by atoms with van der Waals surface area (Å²) in [6.07, 6.45) is 3.19. The van der Waals surface area contributed by atoms with Crippen LogP contribution in [0.1, 0.15) is 19.4 Å². The lowest BCUT2D eigenvalue weighted by Crippen LogP contribution is -1.99. The Bertz CT molecular complexity index is 678. The van der Waals surface area contributed by atoms with Gasteiger partial charge in [0.1, 0.15) is 18.5 Å². The lowest BCUT2D eigenvalue weighted by Gasteiger charge is -2.06. The first-order valence-electron chi connectivity index (χ1n) is 6.98. The van der Waals surface area contributed by atoms with Crippen LogP contribution in [0.15, 0.2) is 61.2 Å². The van der Waals surface area contributed by atoms with Crippen molar-refractivity contribution in [2.24, 2.45) is 0 Å². The fraction of sp³-hybridized carbons (Fsp3) is 0.176. The van der Waals surface area contributed by atoms with E-state index in [4.69, 9.17) is 0 Å². The minimum atomic E-state index is -0.223. The molecular weight excluding hydrogens is 265 g/mol. The van der Waals surface area contributed by atoms with Crippen molar-refractivity contribution >= 4 is 0 Å². The van der Waals surface area contributed by atoms with E-state index >= 15 is 0 Å². The smallest absolute Gasteiger partial charge is 0.137 e. The normalized spacial score (nSPS) is 9.86. The topological polar surface area (TPSA) is 30.7 Å². The third-order valence-electron chi connectivity index (χ3n) is 2.90. The zero-order valence-electron chi connectivity index (χ0n) is 12.2. The van der Waals surface area contributed by atoms with Crippen molar-refractivity contribution in [3.63, 3.8) is 0 Å². The van der Waals surface area contributed by atoms with E-state index in [1.165, 1.54) is 18.5 Å². The molecule has 1 heterocycles. The van der Waals surface area contributed by atoms with Crippen LogP contribution in [-0.4, -0.2) is 14.8 Å². The Morgan fingerprint density at radius 1 is 1.00 bits per heavy atom. The van der Waals surface area contributed by atoms with Gasteiger partial charge in [0.25, 0.3) is 0 Å². The number of hydrogen-bond acceptors (Lipinski definition) is 2. The molecule has 2 aromatic carbocycles. The first kappa shape index (κ1) is 14.9. The molecule has 21 heavy (non-hydrogen) atoms. The van der Waals surface area contributed by atoms with Crippen LogP contribution in [0.4, 0.5) is 4.39 Å². The maximum absolute atomic E-state index is 13.2. The van der Waals surface area contributed by atoms with Crippen molar-refractivity contribution in [1.82, 2.24) is 14.8 Å². The second kappa shape index (κ2) is 7.33. The molecule has 0 aliphatic heterocycles. The van der Waals surface area contributed by atoms with Gasteiger partial charge in [0.15, 0.2) is 0 Å². The van der Waals surface area contributed by atoms with Gasteiger partial charge >= 0.3 is 0 Å². The van der Waals surface area contributed by atoms with Crippen molar-refractivity contribution in [3.8, 4) is 11.1 Å². The molecule has 0 N–H and O–H groups in total. The molecule has 4 heteroatoms. The highest BCUT2D eigenvalue weighted by atomic mass is 19.1. The zero-order chi connectivity index (χ0) is 15.1. The summed E-state index contributed by atoms with van der Waals surface area (Å²) in [4.78, 5) is 3.91. The van der Waals surface area contributed by atoms with Crippen LogP contribution in [0.2, 0.25) is 0 Å². The summed E-state index contributed by atoms with van der Waals surface area (Å²) in [5.74, 6) is -0.223. The molecule has 0 atom stereocenters. The van der Waals surface area contributed by atoms with Gasteiger partial charge in [0.05, 0.1) is 6.54 Å². The van der Waals surface area contributed by atoms with Crippen LogP contribution in [0.25, 0.3) is 11.1 Å². The summed E-state index contributed by atoms with van der Waals surface area (Å²) >= 11 is 0. The summed E-state index contributed by atoms with van der Waals surface area (Å²) in [6.45, 7) is 4.66. The van der Waals surface area contributed by atoms with E-state index in [2.05, 4.69) is 10.1 Å². The monoisotopic (exact) mass is 283 g/mol. The lowest BCUT2D eigenvalue weighted by molar-refractivity contribution is 0.628. The second-order valence-electron chi connectivity index (χ2n) is 4.30. The van der Waals surface area contributed by atoms with Gasteiger partial charge in [-0.2, -0.15) is 5.10 Å². The number of hydrogen-bond donors (Lipinski definition) is 0. The number of nitrogens with zero attached hydrogens (tertiary/aromatic N) is 3. The lowest BCUT2D eigenvalue weighted by atomic mass is 10.0. The van der Waals surface area contributed by atoms with Gasteiger partial charge in [0, 0.05) is 0 Å². The van der Waals surface area contributed by atoms with Crippen molar-refractivity contribution in [2.75, 3.05) is 0 Å². The third kappa shape index (κ3) is 3.99. The molecule has 0 spiro atoms. The third-order valence-corrected chi connectivity index (χ3v) is 2.90. The number of rotatable bonds is 3. The van der Waals surface area contributed by atoms with Crippen LogP contribution < -0.4 is 0 Å². The Hall–Kier alpha value is -2.49. The summed E-state index contributed by atoms with van der Waals surface area (Å²) in [7, 11) is 0. The fourth-order valence-corrected chi connectivity index (χ4v) is 2.02. The molecule has 0 unspecified atom stereocenters. The van der Waals surface area contributed by atoms with Crippen LogP contribution in [-0.2, 0) is 6.54 Å². The van der Waals surface area contributed by atoms with Gasteiger partial charge in [-0.1, -0.05) is 44.2 Å². The standard InChI is InChI=1S/C15H12FN3.C2H6/c16-15-6-2-5-14(8-15)13-4-1-3-12(7-13)9-19-11-17-10-18-19;1-2/h1-8,10-11H,9H2;1-2H3. The number of benzene rings is 2. The highest BCUT2D eigenvalue weighted by Crippen LogP contribution is 2.21. The SMILES string of the molecule is CC.Fc1cccc(-c2cccc(Cn3cncn3)c2)c1. The Morgan fingerprint density at radius 3 is 2.38 bits per heavy atom. The van der Waals surface area contributed by atoms with Gasteiger partial charge in [-0.05, 0) is 34.9 Å². The highest BCUT2D eigenvalue weighted by Gasteiger charge is 2.01. The van der Waals surface area contributed by atoms with Crippen molar-refractivity contribution in [1.29, 1.82) is 0 Å². The van der Waals surface area contributed by atoms with Gasteiger partial charge in [-0.3, -0.25) is 0 Å². The van der Waals surface area contributed by atoms with Crippen molar-refractivity contribution < 1.29 is 4.39 Å². The predicted molar refractivity (Wildman–Crippen MR) is 82.3 cm³/mol. The largest absolute Gasteiger partial charge is 0.249 e. The van der Waals surface area contributed by atoms with Crippen molar-refractivity contribution in [2.45, 2.75) is 20.4 Å². The first-order chi connectivity index (χ1) is 10.3. The molecule has 0 amide bonds. The molecule has 0 bridgehead atoms. The Morgan fingerprint density at radius 2 is 1.71 bits per heavy atom. The minimum Gasteiger partial charge on any atom is -0.249 e. The molecule has 0 saturated carbocycles. The molecule has 3 nitrogen and oxygen atoms in total. The molecule has 1 aromatic heterocycles. The van der Waals surface area contributed by atoms with Gasteiger partial charge < -0.3 is 0 Å². The number of aromatic nitrogens is 3. The van der Waals surface area contributed by atoms with Gasteiger partial charge in [-0.25, -0.2) is 14.1 Å². The molecule has 0 aliphatic carbocycles. The molecule has 0 aliphatic rings. The zero-order valence-corrected chi connectivity index (χ0v) is 12.2. The maximum Gasteiger partial charge on any atom is 0.137 e. The fourth-order valence-electron chi connectivity index (χ4n) is 2.02. The average Bonchev–Trinajstić information content (AvgIpc) is 3.03. The maximum atomic E-state index is 13.2. The molecule has 0 saturated heterocycles. The summed E-state index contributed by atoms with van der Waals surface area (Å²) in [5, 5.41) is 4.07. The van der Waals surface area contributed by atoms with E-state index in [-0.39, 0.29) is 5.82 Å². The minimum absolute atomic E-state index is 0.223. The van der Waals surface area contributed by atoms with Gasteiger partial charge in [-0.15, -0.1) is 0 Å². The highest BCUT2D eigenvalue weighted by molar-refractivity contribution is 5.64. The molecule has 3 aromatic rings. The quantitative estimate of drug-likeness (QED) is 0.722. The Balaban J connectivity index is 0.000000774. The summed E-state index contributed by atoms with van der Waals surface area (Å²) in [5.41, 5.74) is 2.98. The summed E-state index contributed by atoms with van der Waals surface area (Å²) < 4.78 is 15.0. The van der Waals surface area contributed by atoms with Crippen LogP contribution >= 0.6 is 0 Å². The van der Waals surface area contributed by atoms with E-state index in [1.807, 2.05) is 44.2 Å². The van der Waals surface area contributed by atoms with E-state index in [0.717, 1.165) is 16.7 Å². The average molecular weight is 283 g/mol. The van der Waals surface area contributed by atoms with E-state index in [1.54, 1.807) is 17.1 Å².